The largest absolute Gasteiger partial charge is 0.493 e. The number of urea groups is 1. The maximum atomic E-state index is 13.7. The number of aliphatic hydroxyl groups excluding tert-OH is 1. The summed E-state index contributed by atoms with van der Waals surface area (Å²) in [6.07, 6.45) is -0.927. The molecule has 1 saturated carbocycles. The number of H-pyrrole nitrogens is 1. The number of carbonyl (C=O) groups is 1. The van der Waals surface area contributed by atoms with E-state index in [1.165, 1.54) is 30.6 Å². The highest BCUT2D eigenvalue weighted by atomic mass is 19.4. The van der Waals surface area contributed by atoms with Crippen LogP contribution < -0.4 is 20.9 Å². The van der Waals surface area contributed by atoms with Gasteiger partial charge in [-0.2, -0.15) is 13.2 Å². The quantitative estimate of drug-likeness (QED) is 0.382. The number of amides is 2. The molecular formula is C24H24F3N5O4. The number of benzene rings is 1. The molecule has 1 aliphatic carbocycles. The number of ether oxygens (including phenoxy) is 1. The first-order valence-electron chi connectivity index (χ1n) is 11.2. The van der Waals surface area contributed by atoms with Crippen molar-refractivity contribution in [1.82, 2.24) is 15.0 Å². The third-order valence-corrected chi connectivity index (χ3v) is 5.97. The average molecular weight is 503 g/mol. The SMILES string of the molecule is CCOc1cc(=O)[nH]cc1-c1ncc(NC(=O)Nc2ccc(C3(CO)CC3)c(C(F)(F)F)c2)c(C)n1. The highest BCUT2D eigenvalue weighted by molar-refractivity contribution is 6.00. The summed E-state index contributed by atoms with van der Waals surface area (Å²) in [6, 6.07) is 4.03. The molecule has 2 heterocycles. The van der Waals surface area contributed by atoms with Crippen LogP contribution in [0.4, 0.5) is 29.3 Å². The van der Waals surface area contributed by atoms with Gasteiger partial charge in [0.2, 0.25) is 0 Å². The van der Waals surface area contributed by atoms with E-state index in [0.717, 1.165) is 6.07 Å². The first-order valence-corrected chi connectivity index (χ1v) is 11.2. The Morgan fingerprint density at radius 1 is 1.25 bits per heavy atom. The fourth-order valence-electron chi connectivity index (χ4n) is 3.89. The Hall–Kier alpha value is -3.93. The van der Waals surface area contributed by atoms with Gasteiger partial charge in [0.25, 0.3) is 5.56 Å². The van der Waals surface area contributed by atoms with Crippen LogP contribution in [0.2, 0.25) is 0 Å². The lowest BCUT2D eigenvalue weighted by Crippen LogP contribution is -2.23. The summed E-state index contributed by atoms with van der Waals surface area (Å²) in [6.45, 7) is 3.34. The summed E-state index contributed by atoms with van der Waals surface area (Å²) in [5, 5.41) is 14.5. The second kappa shape index (κ2) is 9.61. The van der Waals surface area contributed by atoms with E-state index < -0.39 is 23.2 Å². The van der Waals surface area contributed by atoms with Crippen molar-refractivity contribution in [3.05, 3.63) is 63.8 Å². The van der Waals surface area contributed by atoms with E-state index in [2.05, 4.69) is 25.6 Å². The number of aromatic nitrogens is 3. The summed E-state index contributed by atoms with van der Waals surface area (Å²) in [5.41, 5.74) is -1.07. The van der Waals surface area contributed by atoms with E-state index in [1.54, 1.807) is 13.8 Å². The number of aromatic amines is 1. The number of carbonyl (C=O) groups excluding carboxylic acids is 1. The van der Waals surface area contributed by atoms with Gasteiger partial charge in [-0.3, -0.25) is 4.79 Å². The van der Waals surface area contributed by atoms with Gasteiger partial charge in [0.15, 0.2) is 5.82 Å². The predicted octanol–water partition coefficient (Wildman–Crippen LogP) is 4.23. The lowest BCUT2D eigenvalue weighted by molar-refractivity contribution is -0.138. The van der Waals surface area contributed by atoms with Crippen molar-refractivity contribution in [2.24, 2.45) is 0 Å². The highest BCUT2D eigenvalue weighted by Gasteiger charge is 2.49. The van der Waals surface area contributed by atoms with Crippen molar-refractivity contribution in [2.45, 2.75) is 38.3 Å². The maximum Gasteiger partial charge on any atom is 0.416 e. The molecule has 9 nitrogen and oxygen atoms in total. The van der Waals surface area contributed by atoms with Gasteiger partial charge in [-0.25, -0.2) is 14.8 Å². The lowest BCUT2D eigenvalue weighted by Gasteiger charge is -2.20. The molecule has 0 radical (unpaired) electrons. The smallest absolute Gasteiger partial charge is 0.416 e. The highest BCUT2D eigenvalue weighted by Crippen LogP contribution is 2.51. The van der Waals surface area contributed by atoms with Crippen LogP contribution in [0.25, 0.3) is 11.4 Å². The van der Waals surface area contributed by atoms with E-state index in [9.17, 15) is 27.9 Å². The minimum atomic E-state index is -4.64. The Balaban J connectivity index is 1.52. The molecule has 0 atom stereocenters. The number of aliphatic hydroxyl groups is 1. The molecule has 0 aliphatic heterocycles. The monoisotopic (exact) mass is 503 g/mol. The zero-order valence-corrected chi connectivity index (χ0v) is 19.5. The number of halogens is 3. The van der Waals surface area contributed by atoms with Gasteiger partial charge in [-0.1, -0.05) is 6.07 Å². The number of nitrogens with zero attached hydrogens (tertiary/aromatic N) is 2. The third kappa shape index (κ3) is 5.18. The average Bonchev–Trinajstić information content (AvgIpc) is 3.61. The van der Waals surface area contributed by atoms with Crippen molar-refractivity contribution < 1.29 is 27.8 Å². The Kier molecular flexibility index (Phi) is 6.72. The maximum absolute atomic E-state index is 13.7. The van der Waals surface area contributed by atoms with Crippen LogP contribution in [0.5, 0.6) is 5.75 Å². The minimum Gasteiger partial charge on any atom is -0.493 e. The number of rotatable bonds is 7. The van der Waals surface area contributed by atoms with Gasteiger partial charge in [0.05, 0.1) is 41.9 Å². The summed E-state index contributed by atoms with van der Waals surface area (Å²) < 4.78 is 46.5. The summed E-state index contributed by atoms with van der Waals surface area (Å²) in [4.78, 5) is 35.2. The number of pyridine rings is 1. The van der Waals surface area contributed by atoms with Gasteiger partial charge in [-0.05, 0) is 44.4 Å². The zero-order chi connectivity index (χ0) is 26.1. The summed E-state index contributed by atoms with van der Waals surface area (Å²) in [5.74, 6) is 0.554. The molecule has 0 unspecified atom stereocenters. The molecule has 36 heavy (non-hydrogen) atoms. The van der Waals surface area contributed by atoms with Crippen LogP contribution >= 0.6 is 0 Å². The molecule has 4 N–H and O–H groups in total. The topological polar surface area (TPSA) is 129 Å². The van der Waals surface area contributed by atoms with Gasteiger partial charge in [-0.15, -0.1) is 0 Å². The Labute approximate surface area is 203 Å². The van der Waals surface area contributed by atoms with Gasteiger partial charge < -0.3 is 25.5 Å². The number of hydrogen-bond acceptors (Lipinski definition) is 6. The normalized spacial score (nSPS) is 14.3. The van der Waals surface area contributed by atoms with Crippen LogP contribution in [-0.4, -0.2) is 39.3 Å². The van der Waals surface area contributed by atoms with Crippen LogP contribution in [0.1, 0.15) is 36.6 Å². The molecule has 0 spiro atoms. The molecule has 190 valence electrons. The third-order valence-electron chi connectivity index (χ3n) is 5.97. The van der Waals surface area contributed by atoms with E-state index in [-0.39, 0.29) is 34.9 Å². The second-order valence-electron chi connectivity index (χ2n) is 8.48. The zero-order valence-electron chi connectivity index (χ0n) is 19.5. The van der Waals surface area contributed by atoms with E-state index in [0.29, 0.717) is 36.5 Å². The molecular weight excluding hydrogens is 479 g/mol. The van der Waals surface area contributed by atoms with Gasteiger partial charge in [0, 0.05) is 23.4 Å². The fourth-order valence-corrected chi connectivity index (χ4v) is 3.89. The molecule has 1 aromatic carbocycles. The molecule has 2 amide bonds. The standard InChI is InChI=1S/C24H24F3N5O4/c1-3-36-19-9-20(34)28-10-15(19)21-29-11-18(13(2)30-21)32-22(35)31-14-4-5-16(23(12-33)6-7-23)17(8-14)24(25,26)27/h4-5,8-11,33H,3,6-7,12H2,1-2H3,(H,28,34)(H2,31,32,35). The Morgan fingerprint density at radius 3 is 2.61 bits per heavy atom. The summed E-state index contributed by atoms with van der Waals surface area (Å²) in [7, 11) is 0. The van der Waals surface area contributed by atoms with Crippen LogP contribution in [-0.2, 0) is 11.6 Å². The molecule has 4 rings (SSSR count). The molecule has 0 saturated heterocycles. The first kappa shape index (κ1) is 25.2. The van der Waals surface area contributed by atoms with E-state index in [4.69, 9.17) is 4.74 Å². The number of alkyl halides is 3. The fraction of sp³-hybridized carbons (Fsp3) is 0.333. The summed E-state index contributed by atoms with van der Waals surface area (Å²) >= 11 is 0. The van der Waals surface area contributed by atoms with Crippen molar-refractivity contribution in [1.29, 1.82) is 0 Å². The molecule has 1 fully saturated rings. The van der Waals surface area contributed by atoms with Crippen molar-refractivity contribution in [3.8, 4) is 17.1 Å². The van der Waals surface area contributed by atoms with E-state index in [1.807, 2.05) is 0 Å². The number of hydrogen-bond donors (Lipinski definition) is 4. The van der Waals surface area contributed by atoms with Crippen molar-refractivity contribution in [2.75, 3.05) is 23.8 Å². The molecule has 12 heteroatoms. The Morgan fingerprint density at radius 2 is 2.00 bits per heavy atom. The molecule has 2 aromatic heterocycles. The van der Waals surface area contributed by atoms with Gasteiger partial charge >= 0.3 is 12.2 Å². The van der Waals surface area contributed by atoms with Crippen LogP contribution in [0.15, 0.2) is 41.5 Å². The number of nitrogens with one attached hydrogen (secondary N) is 3. The first-order chi connectivity index (χ1) is 17.1. The molecule has 0 bridgehead atoms. The Bertz CT molecular complexity index is 1350. The number of anilines is 2. The van der Waals surface area contributed by atoms with Crippen LogP contribution in [0.3, 0.4) is 0 Å². The molecule has 3 aromatic rings. The minimum absolute atomic E-state index is 0.0250. The van der Waals surface area contributed by atoms with Crippen molar-refractivity contribution >= 4 is 17.4 Å². The second-order valence-corrected chi connectivity index (χ2v) is 8.48. The predicted molar refractivity (Wildman–Crippen MR) is 126 cm³/mol. The van der Waals surface area contributed by atoms with Crippen molar-refractivity contribution in [3.63, 3.8) is 0 Å². The van der Waals surface area contributed by atoms with Gasteiger partial charge in [0.1, 0.15) is 5.75 Å². The van der Waals surface area contributed by atoms with Crippen LogP contribution in [0, 0.1) is 6.92 Å². The lowest BCUT2D eigenvalue weighted by atomic mass is 9.91. The number of aryl methyl sites for hydroxylation is 1. The molecule has 1 aliphatic rings. The van der Waals surface area contributed by atoms with E-state index >= 15 is 0 Å².